The van der Waals surface area contributed by atoms with Crippen LogP contribution in [-0.2, 0) is 6.61 Å². The van der Waals surface area contributed by atoms with E-state index in [9.17, 15) is 4.79 Å². The van der Waals surface area contributed by atoms with E-state index in [0.29, 0.717) is 23.5 Å². The van der Waals surface area contributed by atoms with Crippen LogP contribution >= 0.6 is 0 Å². The highest BCUT2D eigenvalue weighted by atomic mass is 16.5. The van der Waals surface area contributed by atoms with Crippen LogP contribution in [0.1, 0.15) is 27.0 Å². The highest BCUT2D eigenvalue weighted by Gasteiger charge is 2.08. The predicted molar refractivity (Wildman–Crippen MR) is 110 cm³/mol. The Labute approximate surface area is 163 Å². The summed E-state index contributed by atoms with van der Waals surface area (Å²) in [5.74, 6) is 0.594. The van der Waals surface area contributed by atoms with Crippen molar-refractivity contribution < 1.29 is 9.53 Å². The van der Waals surface area contributed by atoms with Crippen molar-refractivity contribution in [1.82, 2.24) is 0 Å². The number of nitrogens with zero attached hydrogens (tertiary/aromatic N) is 2. The Morgan fingerprint density at radius 2 is 1.61 bits per heavy atom. The fourth-order valence-corrected chi connectivity index (χ4v) is 2.52. The van der Waals surface area contributed by atoms with Gasteiger partial charge in [-0.1, -0.05) is 66.7 Å². The minimum Gasteiger partial charge on any atom is -0.489 e. The molecule has 6 nitrogen and oxygen atoms in total. The summed E-state index contributed by atoms with van der Waals surface area (Å²) in [7, 11) is 0. The summed E-state index contributed by atoms with van der Waals surface area (Å²) in [6.07, 6.45) is 1.54. The van der Waals surface area contributed by atoms with E-state index in [1.54, 1.807) is 0 Å². The number of guanidine groups is 1. The van der Waals surface area contributed by atoms with Crippen molar-refractivity contribution in [3.05, 3.63) is 101 Å². The molecule has 0 fully saturated rings. The molecule has 0 radical (unpaired) electrons. The zero-order valence-electron chi connectivity index (χ0n) is 15.2. The zero-order chi connectivity index (χ0) is 19.8. The molecule has 3 rings (SSSR count). The van der Waals surface area contributed by atoms with Crippen LogP contribution in [0, 0.1) is 0 Å². The number of nitrogens with two attached hydrogens (primary N) is 2. The van der Waals surface area contributed by atoms with E-state index in [0.717, 1.165) is 11.1 Å². The Hall–Kier alpha value is -3.93. The van der Waals surface area contributed by atoms with Crippen LogP contribution in [0.25, 0.3) is 0 Å². The Morgan fingerprint density at radius 1 is 0.893 bits per heavy atom. The van der Waals surface area contributed by atoms with Crippen LogP contribution in [0.5, 0.6) is 5.75 Å². The summed E-state index contributed by atoms with van der Waals surface area (Å²) in [5, 5.41) is 7.34. The molecule has 0 aromatic heterocycles. The second-order valence-corrected chi connectivity index (χ2v) is 6.02. The molecule has 0 heterocycles. The van der Waals surface area contributed by atoms with E-state index in [2.05, 4.69) is 10.2 Å². The SMILES string of the molecule is NC(N)=N/N=C\c1cccc(OCc2ccc(C(=O)c3ccccc3)cc2)c1. The molecule has 140 valence electrons. The summed E-state index contributed by atoms with van der Waals surface area (Å²) in [6.45, 7) is 0.383. The number of benzene rings is 3. The second-order valence-electron chi connectivity index (χ2n) is 6.02. The topological polar surface area (TPSA) is 103 Å². The van der Waals surface area contributed by atoms with E-state index < -0.39 is 0 Å². The second kappa shape index (κ2) is 9.14. The molecule has 28 heavy (non-hydrogen) atoms. The molecule has 0 spiro atoms. The lowest BCUT2D eigenvalue weighted by Gasteiger charge is -2.08. The first-order valence-electron chi connectivity index (χ1n) is 8.65. The third-order valence-corrected chi connectivity index (χ3v) is 3.90. The number of hydrogen-bond acceptors (Lipinski definition) is 4. The van der Waals surface area contributed by atoms with Crippen LogP contribution in [0.15, 0.2) is 89.1 Å². The van der Waals surface area contributed by atoms with Crippen LogP contribution in [-0.4, -0.2) is 18.0 Å². The fraction of sp³-hybridized carbons (Fsp3) is 0.0455. The van der Waals surface area contributed by atoms with Crippen LogP contribution < -0.4 is 16.2 Å². The average molecular weight is 372 g/mol. The molecule has 0 atom stereocenters. The van der Waals surface area contributed by atoms with E-state index in [1.165, 1.54) is 6.21 Å². The Balaban J connectivity index is 1.62. The van der Waals surface area contributed by atoms with Crippen molar-refractivity contribution >= 4 is 18.0 Å². The lowest BCUT2D eigenvalue weighted by atomic mass is 10.0. The van der Waals surface area contributed by atoms with Crippen LogP contribution in [0.3, 0.4) is 0 Å². The van der Waals surface area contributed by atoms with E-state index in [4.69, 9.17) is 16.2 Å². The van der Waals surface area contributed by atoms with Gasteiger partial charge < -0.3 is 16.2 Å². The molecule has 0 aliphatic heterocycles. The first-order valence-corrected chi connectivity index (χ1v) is 8.65. The molecule has 3 aromatic carbocycles. The number of carbonyl (C=O) groups excluding carboxylic acids is 1. The minimum absolute atomic E-state index is 0.000770. The smallest absolute Gasteiger partial charge is 0.211 e. The first-order chi connectivity index (χ1) is 13.6. The van der Waals surface area contributed by atoms with Gasteiger partial charge in [-0.05, 0) is 23.3 Å². The summed E-state index contributed by atoms with van der Waals surface area (Å²) >= 11 is 0. The summed E-state index contributed by atoms with van der Waals surface area (Å²) < 4.78 is 5.81. The van der Waals surface area contributed by atoms with Crippen molar-refractivity contribution in [2.24, 2.45) is 21.7 Å². The first kappa shape index (κ1) is 18.8. The average Bonchev–Trinajstić information content (AvgIpc) is 2.73. The summed E-state index contributed by atoms with van der Waals surface area (Å²) in [6, 6.07) is 24.0. The molecule has 0 bridgehead atoms. The van der Waals surface area contributed by atoms with E-state index >= 15 is 0 Å². The maximum absolute atomic E-state index is 12.4. The van der Waals surface area contributed by atoms with Gasteiger partial charge in [-0.15, -0.1) is 5.10 Å². The van der Waals surface area contributed by atoms with Crippen molar-refractivity contribution in [2.45, 2.75) is 6.61 Å². The molecule has 6 heteroatoms. The molecular weight excluding hydrogens is 352 g/mol. The molecule has 0 saturated heterocycles. The van der Waals surface area contributed by atoms with Gasteiger partial charge in [0, 0.05) is 11.1 Å². The lowest BCUT2D eigenvalue weighted by Crippen LogP contribution is -2.21. The Bertz CT molecular complexity index is 993. The van der Waals surface area contributed by atoms with Crippen molar-refractivity contribution in [1.29, 1.82) is 0 Å². The highest BCUT2D eigenvalue weighted by Crippen LogP contribution is 2.16. The maximum atomic E-state index is 12.4. The van der Waals surface area contributed by atoms with Gasteiger partial charge in [0.05, 0.1) is 6.21 Å². The monoisotopic (exact) mass is 372 g/mol. The molecule has 4 N–H and O–H groups in total. The van der Waals surface area contributed by atoms with Gasteiger partial charge in [0.15, 0.2) is 5.78 Å². The van der Waals surface area contributed by atoms with Gasteiger partial charge in [0.2, 0.25) is 5.96 Å². The highest BCUT2D eigenvalue weighted by molar-refractivity contribution is 6.08. The molecule has 0 unspecified atom stereocenters. The van der Waals surface area contributed by atoms with E-state index in [-0.39, 0.29) is 11.7 Å². The molecule has 0 amide bonds. The minimum atomic E-state index is -0.0992. The van der Waals surface area contributed by atoms with Gasteiger partial charge >= 0.3 is 0 Å². The van der Waals surface area contributed by atoms with Crippen LogP contribution in [0.4, 0.5) is 0 Å². The van der Waals surface area contributed by atoms with Crippen molar-refractivity contribution in [3.63, 3.8) is 0 Å². The zero-order valence-corrected chi connectivity index (χ0v) is 15.2. The van der Waals surface area contributed by atoms with Crippen LogP contribution in [0.2, 0.25) is 0 Å². The number of ether oxygens (including phenoxy) is 1. The van der Waals surface area contributed by atoms with Gasteiger partial charge in [-0.3, -0.25) is 4.79 Å². The number of ketones is 1. The van der Waals surface area contributed by atoms with Gasteiger partial charge in [0.1, 0.15) is 12.4 Å². The molecular formula is C22H20N4O2. The largest absolute Gasteiger partial charge is 0.489 e. The Morgan fingerprint density at radius 3 is 2.32 bits per heavy atom. The van der Waals surface area contributed by atoms with E-state index in [1.807, 2.05) is 78.9 Å². The third kappa shape index (κ3) is 5.28. The quantitative estimate of drug-likeness (QED) is 0.288. The van der Waals surface area contributed by atoms with Gasteiger partial charge in [-0.2, -0.15) is 5.10 Å². The van der Waals surface area contributed by atoms with Gasteiger partial charge in [-0.25, -0.2) is 0 Å². The molecule has 0 aliphatic rings. The van der Waals surface area contributed by atoms with Gasteiger partial charge in [0.25, 0.3) is 0 Å². The van der Waals surface area contributed by atoms with Crippen molar-refractivity contribution in [3.8, 4) is 5.75 Å². The molecule has 3 aromatic rings. The normalized spacial score (nSPS) is 10.6. The van der Waals surface area contributed by atoms with Crippen molar-refractivity contribution in [2.75, 3.05) is 0 Å². The predicted octanol–water partition coefficient (Wildman–Crippen LogP) is 3.10. The number of carbonyl (C=O) groups is 1. The maximum Gasteiger partial charge on any atom is 0.211 e. The standard InChI is InChI=1S/C22H20N4O2/c23-22(24)26-25-14-17-5-4-8-20(13-17)28-15-16-9-11-19(12-10-16)21(27)18-6-2-1-3-7-18/h1-14H,15H2,(H4,23,24,26)/b25-14-. The lowest BCUT2D eigenvalue weighted by molar-refractivity contribution is 0.103. The summed E-state index contributed by atoms with van der Waals surface area (Å²) in [4.78, 5) is 12.4. The summed E-state index contributed by atoms with van der Waals surface area (Å²) in [5.41, 5.74) is 13.5. The molecule has 0 aliphatic carbocycles. The fourth-order valence-electron chi connectivity index (χ4n) is 2.52. The molecule has 0 saturated carbocycles. The number of hydrogen-bond donors (Lipinski definition) is 2. The third-order valence-electron chi connectivity index (χ3n) is 3.90. The number of rotatable bonds is 7. The Kier molecular flexibility index (Phi) is 6.15.